The molecule has 2 fully saturated rings. The molecule has 0 aliphatic carbocycles. The van der Waals surface area contributed by atoms with Crippen molar-refractivity contribution in [3.8, 4) is 5.75 Å². The average Bonchev–Trinajstić information content (AvgIpc) is 2.65. The minimum atomic E-state index is -3.33. The van der Waals surface area contributed by atoms with E-state index in [9.17, 15) is 17.6 Å². The molecule has 2 aliphatic heterocycles. The summed E-state index contributed by atoms with van der Waals surface area (Å²) >= 11 is 0. The number of benzene rings is 1. The Morgan fingerprint density at radius 3 is 2.11 bits per heavy atom. The second-order valence-electron chi connectivity index (χ2n) is 6.27. The van der Waals surface area contributed by atoms with Crippen LogP contribution in [-0.2, 0) is 18.9 Å². The first-order valence-electron chi connectivity index (χ1n) is 8.51. The highest BCUT2D eigenvalue weighted by Crippen LogP contribution is 2.33. The molecule has 2 heterocycles. The largest absolute Gasteiger partial charge is 0.429 e. The molecule has 2 aliphatic rings. The molecule has 0 aromatic heterocycles. The maximum Gasteiger partial charge on any atom is 0.387 e. The molecule has 0 atom stereocenters. The van der Waals surface area contributed by atoms with E-state index in [0.29, 0.717) is 13.2 Å². The second-order valence-corrected chi connectivity index (χ2v) is 6.27. The standard InChI is InChI=1S/C18H20F4O5/c1-2-3-10-6-23-17(24-7-10)12-8-25-16(26-9-12)11-4-13(19)15(14(20)5-11)27-18(21)22/h2-5,10,12,16-18H,6-9H2,1H3/b3-2+. The highest BCUT2D eigenvalue weighted by molar-refractivity contribution is 5.32. The summed E-state index contributed by atoms with van der Waals surface area (Å²) in [6.07, 6.45) is 2.43. The van der Waals surface area contributed by atoms with E-state index in [1.165, 1.54) is 0 Å². The van der Waals surface area contributed by atoms with Crippen LogP contribution >= 0.6 is 0 Å². The maximum absolute atomic E-state index is 13.8. The number of allylic oxidation sites excluding steroid dienone is 1. The van der Waals surface area contributed by atoms with Crippen LogP contribution in [0.5, 0.6) is 5.75 Å². The Morgan fingerprint density at radius 2 is 1.59 bits per heavy atom. The molecular weight excluding hydrogens is 372 g/mol. The first kappa shape index (κ1) is 20.1. The van der Waals surface area contributed by atoms with Crippen molar-refractivity contribution in [3.05, 3.63) is 41.5 Å². The molecule has 150 valence electrons. The zero-order chi connectivity index (χ0) is 19.4. The van der Waals surface area contributed by atoms with Gasteiger partial charge in [-0.3, -0.25) is 0 Å². The average molecular weight is 392 g/mol. The molecule has 0 N–H and O–H groups in total. The van der Waals surface area contributed by atoms with Crippen molar-refractivity contribution in [2.24, 2.45) is 11.8 Å². The van der Waals surface area contributed by atoms with Crippen LogP contribution in [0.4, 0.5) is 17.6 Å². The first-order valence-corrected chi connectivity index (χ1v) is 8.51. The molecule has 0 spiro atoms. The van der Waals surface area contributed by atoms with E-state index in [1.54, 1.807) is 0 Å². The molecule has 2 saturated heterocycles. The van der Waals surface area contributed by atoms with E-state index < -0.39 is 36.6 Å². The Kier molecular flexibility index (Phi) is 6.69. The van der Waals surface area contributed by atoms with Gasteiger partial charge in [0.05, 0.1) is 32.3 Å². The van der Waals surface area contributed by atoms with Gasteiger partial charge in [-0.1, -0.05) is 12.2 Å². The Hall–Kier alpha value is -1.68. The van der Waals surface area contributed by atoms with E-state index in [4.69, 9.17) is 18.9 Å². The molecule has 9 heteroatoms. The highest BCUT2D eigenvalue weighted by Gasteiger charge is 2.34. The molecule has 27 heavy (non-hydrogen) atoms. The van der Waals surface area contributed by atoms with Gasteiger partial charge in [0.25, 0.3) is 0 Å². The fourth-order valence-electron chi connectivity index (χ4n) is 2.97. The smallest absolute Gasteiger partial charge is 0.387 e. The number of rotatable bonds is 5. The van der Waals surface area contributed by atoms with Crippen LogP contribution in [-0.4, -0.2) is 39.3 Å². The van der Waals surface area contributed by atoms with E-state index in [1.807, 2.05) is 19.1 Å². The molecule has 0 radical (unpaired) electrons. The molecule has 1 aromatic carbocycles. The normalized spacial score (nSPS) is 29.4. The van der Waals surface area contributed by atoms with Gasteiger partial charge < -0.3 is 23.7 Å². The summed E-state index contributed by atoms with van der Waals surface area (Å²) in [7, 11) is 0. The lowest BCUT2D eigenvalue weighted by atomic mass is 10.1. The van der Waals surface area contributed by atoms with Crippen LogP contribution in [0.2, 0.25) is 0 Å². The van der Waals surface area contributed by atoms with Gasteiger partial charge in [-0.2, -0.15) is 8.78 Å². The molecule has 5 nitrogen and oxygen atoms in total. The van der Waals surface area contributed by atoms with Crippen molar-refractivity contribution in [1.82, 2.24) is 0 Å². The lowest BCUT2D eigenvalue weighted by Gasteiger charge is -2.37. The SMILES string of the molecule is C/C=C/C1COC(C2COC(c3cc(F)c(OC(F)F)c(F)c3)OC2)OC1. The Balaban J connectivity index is 1.56. The fraction of sp³-hybridized carbons (Fsp3) is 0.556. The number of hydrogen-bond acceptors (Lipinski definition) is 5. The molecule has 1 aromatic rings. The summed E-state index contributed by atoms with van der Waals surface area (Å²) < 4.78 is 78.3. The zero-order valence-electron chi connectivity index (χ0n) is 14.6. The maximum atomic E-state index is 13.8. The van der Waals surface area contributed by atoms with Crippen LogP contribution in [0.3, 0.4) is 0 Å². The van der Waals surface area contributed by atoms with Crippen molar-refractivity contribution in [2.75, 3.05) is 26.4 Å². The highest BCUT2D eigenvalue weighted by atomic mass is 19.3. The number of halogens is 4. The van der Waals surface area contributed by atoms with Gasteiger partial charge in [0.1, 0.15) is 0 Å². The van der Waals surface area contributed by atoms with E-state index >= 15 is 0 Å². The van der Waals surface area contributed by atoms with Crippen molar-refractivity contribution < 1.29 is 41.2 Å². The van der Waals surface area contributed by atoms with Gasteiger partial charge in [-0.25, -0.2) is 8.78 Å². The predicted octanol–water partition coefficient (Wildman–Crippen LogP) is 3.79. The quantitative estimate of drug-likeness (QED) is 0.564. The summed E-state index contributed by atoms with van der Waals surface area (Å²) in [5.74, 6) is -3.64. The van der Waals surface area contributed by atoms with Gasteiger partial charge in [0.15, 0.2) is 30.0 Å². The van der Waals surface area contributed by atoms with Crippen LogP contribution < -0.4 is 4.74 Å². The van der Waals surface area contributed by atoms with Crippen LogP contribution in [0, 0.1) is 23.5 Å². The number of ether oxygens (including phenoxy) is 5. The van der Waals surface area contributed by atoms with E-state index in [2.05, 4.69) is 4.74 Å². The molecule has 0 bridgehead atoms. The topological polar surface area (TPSA) is 46.2 Å². The minimum Gasteiger partial charge on any atom is -0.429 e. The summed E-state index contributed by atoms with van der Waals surface area (Å²) in [6, 6.07) is 1.70. The lowest BCUT2D eigenvalue weighted by molar-refractivity contribution is -0.280. The molecular formula is C18H20F4O5. The Morgan fingerprint density at radius 1 is 1.00 bits per heavy atom. The van der Waals surface area contributed by atoms with E-state index in [-0.39, 0.29) is 30.6 Å². The van der Waals surface area contributed by atoms with Gasteiger partial charge >= 0.3 is 6.61 Å². The minimum absolute atomic E-state index is 0.0312. The van der Waals surface area contributed by atoms with Gasteiger partial charge in [-0.15, -0.1) is 0 Å². The van der Waals surface area contributed by atoms with Crippen molar-refractivity contribution in [2.45, 2.75) is 26.1 Å². The summed E-state index contributed by atoms with van der Waals surface area (Å²) in [4.78, 5) is 0. The van der Waals surface area contributed by atoms with Gasteiger partial charge in [0.2, 0.25) is 0 Å². The Labute approximate surface area is 153 Å². The number of hydrogen-bond donors (Lipinski definition) is 0. The van der Waals surface area contributed by atoms with Crippen LogP contribution in [0.15, 0.2) is 24.3 Å². The first-order chi connectivity index (χ1) is 13.0. The van der Waals surface area contributed by atoms with Crippen LogP contribution in [0.25, 0.3) is 0 Å². The van der Waals surface area contributed by atoms with Crippen molar-refractivity contribution in [1.29, 1.82) is 0 Å². The van der Waals surface area contributed by atoms with Gasteiger partial charge in [0, 0.05) is 11.5 Å². The molecule has 3 rings (SSSR count). The monoisotopic (exact) mass is 392 g/mol. The molecule has 0 amide bonds. The van der Waals surface area contributed by atoms with Crippen molar-refractivity contribution >= 4 is 0 Å². The third-order valence-corrected chi connectivity index (χ3v) is 4.22. The van der Waals surface area contributed by atoms with Crippen molar-refractivity contribution in [3.63, 3.8) is 0 Å². The molecule has 0 saturated carbocycles. The third kappa shape index (κ3) is 4.98. The predicted molar refractivity (Wildman–Crippen MR) is 85.1 cm³/mol. The van der Waals surface area contributed by atoms with Crippen LogP contribution in [0.1, 0.15) is 18.8 Å². The summed E-state index contributed by atoms with van der Waals surface area (Å²) in [6.45, 7) is 0.0381. The molecule has 0 unspecified atom stereocenters. The summed E-state index contributed by atoms with van der Waals surface area (Å²) in [5, 5.41) is 0. The van der Waals surface area contributed by atoms with E-state index in [0.717, 1.165) is 12.1 Å². The third-order valence-electron chi connectivity index (χ3n) is 4.22. The number of alkyl halides is 2. The zero-order valence-corrected chi connectivity index (χ0v) is 14.6. The lowest BCUT2D eigenvalue weighted by Crippen LogP contribution is -2.42. The summed E-state index contributed by atoms with van der Waals surface area (Å²) in [5.41, 5.74) is 0.0312. The Bertz CT molecular complexity index is 630. The van der Waals surface area contributed by atoms with Gasteiger partial charge in [-0.05, 0) is 19.1 Å². The second kappa shape index (κ2) is 9.01. The fourth-order valence-corrected chi connectivity index (χ4v) is 2.97.